The van der Waals surface area contributed by atoms with Crippen molar-refractivity contribution in [1.29, 1.82) is 0 Å². The van der Waals surface area contributed by atoms with E-state index in [4.69, 9.17) is 10.5 Å². The van der Waals surface area contributed by atoms with Crippen LogP contribution in [-0.4, -0.2) is 43.2 Å². The molecule has 5 nitrogen and oxygen atoms in total. The minimum absolute atomic E-state index is 0.0492. The van der Waals surface area contributed by atoms with E-state index in [-0.39, 0.29) is 11.8 Å². The van der Waals surface area contributed by atoms with Crippen LogP contribution in [0.3, 0.4) is 0 Å². The molecule has 0 aliphatic carbocycles. The van der Waals surface area contributed by atoms with Gasteiger partial charge in [0.1, 0.15) is 0 Å². The Bertz CT molecular complexity index is 537. The summed E-state index contributed by atoms with van der Waals surface area (Å²) in [5, 5.41) is 3.00. The smallest absolute Gasteiger partial charge is 0.237 e. The van der Waals surface area contributed by atoms with Gasteiger partial charge in [0.05, 0.1) is 6.04 Å². The summed E-state index contributed by atoms with van der Waals surface area (Å²) < 4.78 is 5.34. The molecule has 2 saturated heterocycles. The molecule has 3 N–H and O–H groups in total. The average Bonchev–Trinajstić information content (AvgIpc) is 3.13. The molecule has 2 aliphatic rings. The lowest BCUT2D eigenvalue weighted by Gasteiger charge is -2.26. The lowest BCUT2D eigenvalue weighted by Crippen LogP contribution is -2.46. The van der Waals surface area contributed by atoms with Gasteiger partial charge in [-0.3, -0.25) is 9.69 Å². The van der Waals surface area contributed by atoms with E-state index in [1.807, 2.05) is 0 Å². The second-order valence-electron chi connectivity index (χ2n) is 7.00. The number of nitrogens with zero attached hydrogens (tertiary/aromatic N) is 1. The zero-order chi connectivity index (χ0) is 16.8. The zero-order valence-corrected chi connectivity index (χ0v) is 14.4. The van der Waals surface area contributed by atoms with E-state index >= 15 is 0 Å². The van der Waals surface area contributed by atoms with Crippen molar-refractivity contribution in [3.05, 3.63) is 35.4 Å². The third-order valence-corrected chi connectivity index (χ3v) is 5.14. The van der Waals surface area contributed by atoms with Crippen molar-refractivity contribution in [3.8, 4) is 0 Å². The molecule has 132 valence electrons. The molecular weight excluding hydrogens is 302 g/mol. The lowest BCUT2D eigenvalue weighted by molar-refractivity contribution is -0.124. The van der Waals surface area contributed by atoms with Crippen molar-refractivity contribution in [3.63, 3.8) is 0 Å². The molecule has 3 rings (SSSR count). The molecule has 2 aliphatic heterocycles. The number of hydrogen-bond donors (Lipinski definition) is 2. The van der Waals surface area contributed by atoms with Crippen LogP contribution in [0.5, 0.6) is 0 Å². The molecule has 2 heterocycles. The van der Waals surface area contributed by atoms with Crippen LogP contribution in [0.15, 0.2) is 24.3 Å². The summed E-state index contributed by atoms with van der Waals surface area (Å²) in [6, 6.07) is 8.07. The highest BCUT2D eigenvalue weighted by atomic mass is 16.5. The zero-order valence-electron chi connectivity index (χ0n) is 14.4. The van der Waals surface area contributed by atoms with Crippen molar-refractivity contribution in [2.24, 2.45) is 11.7 Å². The molecule has 0 bridgehead atoms. The first-order chi connectivity index (χ1) is 11.7. The predicted molar refractivity (Wildman–Crippen MR) is 94.3 cm³/mol. The van der Waals surface area contributed by atoms with E-state index in [0.29, 0.717) is 19.8 Å². The summed E-state index contributed by atoms with van der Waals surface area (Å²) >= 11 is 0. The van der Waals surface area contributed by atoms with Gasteiger partial charge < -0.3 is 15.8 Å². The van der Waals surface area contributed by atoms with Crippen molar-refractivity contribution < 1.29 is 9.53 Å². The van der Waals surface area contributed by atoms with E-state index in [1.54, 1.807) is 0 Å². The SMILES string of the molecule is NC(C(=O)NCc1cccc(CN2CCCC2)c1)C1CCOCC1. The second kappa shape index (κ2) is 8.60. The number of rotatable bonds is 6. The number of carbonyl (C=O) groups excluding carboxylic acids is 1. The normalized spacial score (nSPS) is 20.9. The lowest BCUT2D eigenvalue weighted by atomic mass is 9.92. The standard InChI is InChI=1S/C19H29N3O2/c20-18(17-6-10-24-11-7-17)19(23)21-13-15-4-3-5-16(12-15)14-22-8-1-2-9-22/h3-5,12,17-18H,1-2,6-11,13-14,20H2,(H,21,23). The Morgan fingerprint density at radius 3 is 2.71 bits per heavy atom. The Morgan fingerprint density at radius 1 is 1.25 bits per heavy atom. The van der Waals surface area contributed by atoms with E-state index in [9.17, 15) is 4.79 Å². The number of amides is 1. The van der Waals surface area contributed by atoms with Gasteiger partial charge in [-0.25, -0.2) is 0 Å². The Labute approximate surface area is 144 Å². The van der Waals surface area contributed by atoms with Gasteiger partial charge in [0, 0.05) is 26.3 Å². The highest BCUT2D eigenvalue weighted by molar-refractivity contribution is 5.81. The number of ether oxygens (including phenoxy) is 1. The maximum Gasteiger partial charge on any atom is 0.237 e. The Kier molecular flexibility index (Phi) is 6.24. The van der Waals surface area contributed by atoms with Crippen molar-refractivity contribution >= 4 is 5.91 Å². The Balaban J connectivity index is 1.49. The molecule has 0 radical (unpaired) electrons. The molecule has 1 unspecified atom stereocenters. The van der Waals surface area contributed by atoms with Crippen molar-refractivity contribution in [2.45, 2.75) is 44.8 Å². The van der Waals surface area contributed by atoms with Crippen LogP contribution in [-0.2, 0) is 22.6 Å². The minimum Gasteiger partial charge on any atom is -0.381 e. The van der Waals surface area contributed by atoms with E-state index in [0.717, 1.165) is 24.9 Å². The van der Waals surface area contributed by atoms with Gasteiger partial charge in [-0.05, 0) is 55.8 Å². The molecule has 0 saturated carbocycles. The number of nitrogens with one attached hydrogen (secondary N) is 1. The second-order valence-corrected chi connectivity index (χ2v) is 7.00. The molecular formula is C19H29N3O2. The van der Waals surface area contributed by atoms with Gasteiger partial charge in [0.15, 0.2) is 0 Å². The number of hydrogen-bond acceptors (Lipinski definition) is 4. The van der Waals surface area contributed by atoms with Gasteiger partial charge >= 0.3 is 0 Å². The molecule has 1 aromatic carbocycles. The maximum atomic E-state index is 12.3. The van der Waals surface area contributed by atoms with E-state index in [1.165, 1.54) is 31.5 Å². The van der Waals surface area contributed by atoms with E-state index < -0.39 is 6.04 Å². The first-order valence-corrected chi connectivity index (χ1v) is 9.13. The van der Waals surface area contributed by atoms with Gasteiger partial charge in [-0.2, -0.15) is 0 Å². The monoisotopic (exact) mass is 331 g/mol. The summed E-state index contributed by atoms with van der Waals surface area (Å²) in [6.45, 7) is 5.36. The van der Waals surface area contributed by atoms with Crippen LogP contribution in [0.2, 0.25) is 0 Å². The van der Waals surface area contributed by atoms with Crippen molar-refractivity contribution in [2.75, 3.05) is 26.3 Å². The molecule has 5 heteroatoms. The third kappa shape index (κ3) is 4.79. The Hall–Kier alpha value is -1.43. The predicted octanol–water partition coefficient (Wildman–Crippen LogP) is 1.65. The fraction of sp³-hybridized carbons (Fsp3) is 0.632. The molecule has 2 fully saturated rings. The highest BCUT2D eigenvalue weighted by Gasteiger charge is 2.26. The molecule has 1 atom stereocenters. The van der Waals surface area contributed by atoms with Crippen LogP contribution in [0.4, 0.5) is 0 Å². The van der Waals surface area contributed by atoms with Crippen LogP contribution in [0.1, 0.15) is 36.8 Å². The summed E-state index contributed by atoms with van der Waals surface area (Å²) in [5.41, 5.74) is 8.58. The van der Waals surface area contributed by atoms with Crippen LogP contribution in [0, 0.1) is 5.92 Å². The van der Waals surface area contributed by atoms with Gasteiger partial charge in [-0.15, -0.1) is 0 Å². The largest absolute Gasteiger partial charge is 0.381 e. The van der Waals surface area contributed by atoms with Crippen LogP contribution >= 0.6 is 0 Å². The van der Waals surface area contributed by atoms with Gasteiger partial charge in [0.2, 0.25) is 5.91 Å². The minimum atomic E-state index is -0.429. The topological polar surface area (TPSA) is 67.6 Å². The highest BCUT2D eigenvalue weighted by Crippen LogP contribution is 2.18. The van der Waals surface area contributed by atoms with Crippen molar-refractivity contribution in [1.82, 2.24) is 10.2 Å². The maximum absolute atomic E-state index is 12.3. The summed E-state index contributed by atoms with van der Waals surface area (Å²) in [5.74, 6) is 0.187. The number of likely N-dealkylation sites (tertiary alicyclic amines) is 1. The van der Waals surface area contributed by atoms with Gasteiger partial charge in [-0.1, -0.05) is 24.3 Å². The number of nitrogens with two attached hydrogens (primary N) is 1. The van der Waals surface area contributed by atoms with Crippen LogP contribution in [0.25, 0.3) is 0 Å². The summed E-state index contributed by atoms with van der Waals surface area (Å²) in [7, 11) is 0. The average molecular weight is 331 g/mol. The third-order valence-electron chi connectivity index (χ3n) is 5.14. The molecule has 0 spiro atoms. The molecule has 0 aromatic heterocycles. The molecule has 1 aromatic rings. The summed E-state index contributed by atoms with van der Waals surface area (Å²) in [4.78, 5) is 14.8. The van der Waals surface area contributed by atoms with Gasteiger partial charge in [0.25, 0.3) is 0 Å². The number of carbonyl (C=O) groups is 1. The summed E-state index contributed by atoms with van der Waals surface area (Å²) in [6.07, 6.45) is 4.36. The molecule has 24 heavy (non-hydrogen) atoms. The first-order valence-electron chi connectivity index (χ1n) is 9.13. The van der Waals surface area contributed by atoms with E-state index in [2.05, 4.69) is 34.5 Å². The first kappa shape index (κ1) is 17.4. The quantitative estimate of drug-likeness (QED) is 0.832. The fourth-order valence-corrected chi connectivity index (χ4v) is 3.63. The number of benzene rings is 1. The van der Waals surface area contributed by atoms with Crippen LogP contribution < -0.4 is 11.1 Å². The molecule has 1 amide bonds. The Morgan fingerprint density at radius 2 is 1.96 bits per heavy atom. The fourth-order valence-electron chi connectivity index (χ4n) is 3.63.